The van der Waals surface area contributed by atoms with E-state index in [1.165, 1.54) is 5.56 Å². The zero-order valence-corrected chi connectivity index (χ0v) is 21.5. The van der Waals surface area contributed by atoms with Crippen molar-refractivity contribution in [2.45, 2.75) is 83.5 Å². The van der Waals surface area contributed by atoms with E-state index < -0.39 is 17.7 Å². The van der Waals surface area contributed by atoms with Crippen LogP contribution in [-0.4, -0.2) is 22.4 Å². The molecule has 0 aliphatic carbocycles. The molecule has 0 radical (unpaired) electrons. The number of unbranched alkanes of at least 4 members (excludes halogenated alkanes) is 2. The van der Waals surface area contributed by atoms with Crippen molar-refractivity contribution in [1.82, 2.24) is 0 Å². The van der Waals surface area contributed by atoms with Crippen molar-refractivity contribution >= 4 is 27.6 Å². The second-order valence-electron chi connectivity index (χ2n) is 9.77. The summed E-state index contributed by atoms with van der Waals surface area (Å²) in [7, 11) is 0. The van der Waals surface area contributed by atoms with Crippen LogP contribution in [0.25, 0.3) is 0 Å². The van der Waals surface area contributed by atoms with Crippen molar-refractivity contribution in [2.75, 3.05) is 0 Å². The van der Waals surface area contributed by atoms with Crippen molar-refractivity contribution < 1.29 is 19.5 Å². The van der Waals surface area contributed by atoms with E-state index in [-0.39, 0.29) is 18.4 Å². The molecule has 6 heteroatoms. The molecule has 1 aliphatic heterocycles. The van der Waals surface area contributed by atoms with Crippen LogP contribution in [-0.2, 0) is 26.4 Å². The van der Waals surface area contributed by atoms with Gasteiger partial charge in [-0.3, -0.25) is 0 Å². The van der Waals surface area contributed by atoms with Gasteiger partial charge in [-0.25, -0.2) is 4.79 Å². The Kier molecular flexibility index (Phi) is 8.35. The van der Waals surface area contributed by atoms with Gasteiger partial charge in [-0.05, 0) is 47.1 Å². The summed E-state index contributed by atoms with van der Waals surface area (Å²) in [5, 5.41) is 14.5. The maximum Gasteiger partial charge on any atom is 0.354 e. The maximum absolute atomic E-state index is 12.6. The predicted molar refractivity (Wildman–Crippen MR) is 134 cm³/mol. The average Bonchev–Trinajstić information content (AvgIpc) is 3.20. The molecule has 2 aromatic rings. The third-order valence-electron chi connectivity index (χ3n) is 6.07. The van der Waals surface area contributed by atoms with Crippen LogP contribution in [0, 0.1) is 0 Å². The van der Waals surface area contributed by atoms with Gasteiger partial charge in [-0.2, -0.15) is 0 Å². The fraction of sp³-hybridized carbons (Fsp3) is 0.481. The number of nitrogens with zero attached hydrogens (tertiary/aromatic N) is 1. The van der Waals surface area contributed by atoms with Gasteiger partial charge in [0, 0.05) is 10.9 Å². The molecule has 0 fully saturated rings. The van der Waals surface area contributed by atoms with E-state index in [1.54, 1.807) is 0 Å². The van der Waals surface area contributed by atoms with Crippen molar-refractivity contribution in [3.05, 3.63) is 69.7 Å². The molecule has 2 unspecified atom stereocenters. The lowest BCUT2D eigenvalue weighted by Crippen LogP contribution is -2.46. The fourth-order valence-electron chi connectivity index (χ4n) is 4.01. The van der Waals surface area contributed by atoms with Gasteiger partial charge in [0.25, 0.3) is 5.60 Å². The number of carbonyl (C=O) groups is 1. The molecule has 0 aromatic heterocycles. The molecule has 2 atom stereocenters. The van der Waals surface area contributed by atoms with Crippen molar-refractivity contribution in [3.63, 3.8) is 0 Å². The number of ether oxygens (including phenoxy) is 1. The molecule has 2 aromatic carbocycles. The van der Waals surface area contributed by atoms with E-state index in [9.17, 15) is 9.90 Å². The number of halogens is 1. The van der Waals surface area contributed by atoms with E-state index in [4.69, 9.17) is 9.57 Å². The summed E-state index contributed by atoms with van der Waals surface area (Å²) in [6, 6.07) is 15.8. The molecule has 0 saturated carbocycles. The summed E-state index contributed by atoms with van der Waals surface area (Å²) < 4.78 is 7.22. The first-order chi connectivity index (χ1) is 15.7. The van der Waals surface area contributed by atoms with Crippen LogP contribution in [0.5, 0.6) is 0 Å². The number of carboxylic acids is 1. The topological polar surface area (TPSA) is 68.1 Å². The Hall–Kier alpha value is -2.18. The summed E-state index contributed by atoms with van der Waals surface area (Å²) >= 11 is 3.45. The lowest BCUT2D eigenvalue weighted by atomic mass is 9.85. The number of hydrogen-bond donors (Lipinski definition) is 1. The molecule has 0 bridgehead atoms. The Bertz CT molecular complexity index is 963. The lowest BCUT2D eigenvalue weighted by Gasteiger charge is -2.31. The minimum absolute atomic E-state index is 0.0654. The molecule has 5 nitrogen and oxygen atoms in total. The maximum atomic E-state index is 12.6. The molecular formula is C27H34BrNO4. The Balaban J connectivity index is 1.84. The van der Waals surface area contributed by atoms with Gasteiger partial charge in [0.2, 0.25) is 0 Å². The number of benzene rings is 2. The fourth-order valence-corrected chi connectivity index (χ4v) is 4.28. The SMILES string of the molecule is CCCCCC1=NOC(C(=O)O)(C(OCc2ccc(C(C)(C)C)cc2)c2ccc(Br)cc2)C1. The number of rotatable bonds is 10. The molecule has 0 spiro atoms. The number of hydrogen-bond acceptors (Lipinski definition) is 4. The Morgan fingerprint density at radius 2 is 1.82 bits per heavy atom. The third kappa shape index (κ3) is 6.24. The summed E-state index contributed by atoms with van der Waals surface area (Å²) in [6.45, 7) is 8.94. The van der Waals surface area contributed by atoms with Crippen LogP contribution >= 0.6 is 15.9 Å². The van der Waals surface area contributed by atoms with Gasteiger partial charge in [0.15, 0.2) is 0 Å². The molecule has 1 aliphatic rings. The van der Waals surface area contributed by atoms with Crippen LogP contribution in [0.3, 0.4) is 0 Å². The second kappa shape index (κ2) is 10.8. The molecule has 0 amide bonds. The lowest BCUT2D eigenvalue weighted by molar-refractivity contribution is -0.187. The van der Waals surface area contributed by atoms with Crippen molar-refractivity contribution in [2.24, 2.45) is 5.16 Å². The Morgan fingerprint density at radius 1 is 1.15 bits per heavy atom. The van der Waals surface area contributed by atoms with Crippen LogP contribution in [0.1, 0.15) is 82.6 Å². The quantitative estimate of drug-likeness (QED) is 0.340. The molecule has 3 rings (SSSR count). The van der Waals surface area contributed by atoms with Gasteiger partial charge in [0.05, 0.1) is 12.3 Å². The summed E-state index contributed by atoms with van der Waals surface area (Å²) in [5.41, 5.74) is 2.23. The number of oxime groups is 1. The molecule has 1 N–H and O–H groups in total. The predicted octanol–water partition coefficient (Wildman–Crippen LogP) is 7.18. The normalized spacial score (nSPS) is 19.1. The van der Waals surface area contributed by atoms with Gasteiger partial charge in [0.1, 0.15) is 6.10 Å². The number of aliphatic carboxylic acids is 1. The largest absolute Gasteiger partial charge is 0.478 e. The Morgan fingerprint density at radius 3 is 2.39 bits per heavy atom. The van der Waals surface area contributed by atoms with E-state index in [0.717, 1.165) is 47.0 Å². The number of carboxylic acid groups (broad SMARTS) is 1. The highest BCUT2D eigenvalue weighted by molar-refractivity contribution is 9.10. The van der Waals surface area contributed by atoms with Crippen LogP contribution < -0.4 is 0 Å². The molecule has 0 saturated heterocycles. The third-order valence-corrected chi connectivity index (χ3v) is 6.60. The molecule has 1 heterocycles. The molecule has 178 valence electrons. The first-order valence-electron chi connectivity index (χ1n) is 11.6. The zero-order chi connectivity index (χ0) is 24.1. The highest BCUT2D eigenvalue weighted by atomic mass is 79.9. The van der Waals surface area contributed by atoms with E-state index in [2.05, 4.69) is 60.9 Å². The zero-order valence-electron chi connectivity index (χ0n) is 19.9. The first kappa shape index (κ1) is 25.4. The first-order valence-corrected chi connectivity index (χ1v) is 12.4. The van der Waals surface area contributed by atoms with Gasteiger partial charge >= 0.3 is 5.97 Å². The minimum atomic E-state index is -1.58. The summed E-state index contributed by atoms with van der Waals surface area (Å²) in [6.07, 6.45) is 3.29. The highest BCUT2D eigenvalue weighted by Crippen LogP contribution is 2.41. The summed E-state index contributed by atoms with van der Waals surface area (Å²) in [4.78, 5) is 18.3. The van der Waals surface area contributed by atoms with Crippen LogP contribution in [0.4, 0.5) is 0 Å². The van der Waals surface area contributed by atoms with Gasteiger partial charge < -0.3 is 14.7 Å². The molecule has 33 heavy (non-hydrogen) atoms. The average molecular weight is 516 g/mol. The highest BCUT2D eigenvalue weighted by Gasteiger charge is 2.54. The van der Waals surface area contributed by atoms with Crippen molar-refractivity contribution in [1.29, 1.82) is 0 Å². The minimum Gasteiger partial charge on any atom is -0.478 e. The van der Waals surface area contributed by atoms with E-state index >= 15 is 0 Å². The smallest absolute Gasteiger partial charge is 0.354 e. The van der Waals surface area contributed by atoms with Gasteiger partial charge in [-0.1, -0.05) is 98.0 Å². The van der Waals surface area contributed by atoms with E-state index in [1.807, 2.05) is 36.4 Å². The van der Waals surface area contributed by atoms with Gasteiger partial charge in [-0.15, -0.1) is 0 Å². The van der Waals surface area contributed by atoms with Crippen LogP contribution in [0.2, 0.25) is 0 Å². The second-order valence-corrected chi connectivity index (χ2v) is 10.7. The standard InChI is InChI=1S/C27H34BrNO4/c1-5-6-7-8-23-17-27(25(30)31,33-29-23)24(20-11-15-22(28)16-12-20)32-18-19-9-13-21(14-10-19)26(2,3)4/h9-16,24H,5-8,17-18H2,1-4H3,(H,30,31). The summed E-state index contributed by atoms with van der Waals surface area (Å²) in [5.74, 6) is -1.06. The monoisotopic (exact) mass is 515 g/mol. The van der Waals surface area contributed by atoms with Crippen LogP contribution in [0.15, 0.2) is 58.2 Å². The Labute approximate surface area is 205 Å². The van der Waals surface area contributed by atoms with Crippen molar-refractivity contribution in [3.8, 4) is 0 Å². The van der Waals surface area contributed by atoms with E-state index in [0.29, 0.717) is 0 Å². The molecular weight excluding hydrogens is 482 g/mol.